The zero-order valence-corrected chi connectivity index (χ0v) is 9.67. The summed E-state index contributed by atoms with van der Waals surface area (Å²) >= 11 is 3.21. The Kier molecular flexibility index (Phi) is 2.65. The number of hydrogen-bond acceptors (Lipinski definition) is 4. The molecule has 0 atom stereocenters. The van der Waals surface area contributed by atoms with Crippen molar-refractivity contribution in [1.82, 2.24) is 0 Å². The number of ether oxygens (including phenoxy) is 1. The fourth-order valence-electron chi connectivity index (χ4n) is 1.73. The van der Waals surface area contributed by atoms with Crippen LogP contribution in [0.1, 0.15) is 30.1 Å². The van der Waals surface area contributed by atoms with E-state index < -0.39 is 11.9 Å². The van der Waals surface area contributed by atoms with Crippen LogP contribution in [0.25, 0.3) is 0 Å². The van der Waals surface area contributed by atoms with E-state index in [0.29, 0.717) is 10.4 Å². The summed E-state index contributed by atoms with van der Waals surface area (Å²) < 4.78 is 10.5. The molecule has 15 heavy (non-hydrogen) atoms. The van der Waals surface area contributed by atoms with Crippen LogP contribution in [-0.2, 0) is 14.3 Å². The van der Waals surface area contributed by atoms with Gasteiger partial charge in [0.25, 0.3) is 0 Å². The number of halogens is 1. The minimum absolute atomic E-state index is 0.190. The molecule has 0 aromatic carbocycles. The molecule has 0 aliphatic carbocycles. The number of carbonyl (C=O) groups excluding carboxylic acids is 2. The van der Waals surface area contributed by atoms with E-state index in [1.807, 2.05) is 13.0 Å². The average Bonchev–Trinajstić information content (AvgIpc) is 2.43. The molecule has 1 aliphatic rings. The van der Waals surface area contributed by atoms with Gasteiger partial charge < -0.3 is 9.15 Å². The largest absolute Gasteiger partial charge is 0.454 e. The van der Waals surface area contributed by atoms with Crippen LogP contribution in [0.2, 0.25) is 0 Å². The molecule has 0 amide bonds. The summed E-state index contributed by atoms with van der Waals surface area (Å²) in [5.41, 5.74) is 0.939. The Balaban J connectivity index is 2.27. The molecule has 0 radical (unpaired) electrons. The fourth-order valence-corrected chi connectivity index (χ4v) is 2.25. The number of carbonyl (C=O) groups is 2. The number of furan rings is 1. The Morgan fingerprint density at radius 1 is 1.33 bits per heavy atom. The maximum Gasteiger partial charge on any atom is 0.314 e. The molecule has 1 saturated heterocycles. The molecule has 2 rings (SSSR count). The maximum absolute atomic E-state index is 11.1. The molecule has 0 saturated carbocycles. The summed E-state index contributed by atoms with van der Waals surface area (Å²) in [5, 5.41) is 0. The number of hydrogen-bond donors (Lipinski definition) is 0. The van der Waals surface area contributed by atoms with Crippen LogP contribution in [0, 0.1) is 6.92 Å². The molecule has 0 unspecified atom stereocenters. The van der Waals surface area contributed by atoms with Gasteiger partial charge in [0.05, 0.1) is 12.8 Å². The highest BCUT2D eigenvalue weighted by atomic mass is 79.9. The van der Waals surface area contributed by atoms with Gasteiger partial charge in [-0.25, -0.2) is 0 Å². The van der Waals surface area contributed by atoms with Crippen LogP contribution in [0.15, 0.2) is 15.2 Å². The Morgan fingerprint density at radius 3 is 2.40 bits per heavy atom. The lowest BCUT2D eigenvalue weighted by molar-refractivity contribution is -0.164. The van der Waals surface area contributed by atoms with Gasteiger partial charge in [0, 0.05) is 5.92 Å². The van der Waals surface area contributed by atoms with Crippen LogP contribution in [-0.4, -0.2) is 11.9 Å². The summed E-state index contributed by atoms with van der Waals surface area (Å²) in [6.45, 7) is 1.88. The molecule has 1 aliphatic heterocycles. The summed E-state index contributed by atoms with van der Waals surface area (Å²) in [7, 11) is 0. The van der Waals surface area contributed by atoms with Crippen LogP contribution in [0.5, 0.6) is 0 Å². The van der Waals surface area contributed by atoms with E-state index in [0.717, 1.165) is 5.56 Å². The third-order valence-corrected chi connectivity index (χ3v) is 2.74. The summed E-state index contributed by atoms with van der Waals surface area (Å²) in [5.74, 6) is -0.469. The molecule has 1 aromatic heterocycles. The third-order valence-electron chi connectivity index (χ3n) is 2.35. The Morgan fingerprint density at radius 2 is 1.93 bits per heavy atom. The zero-order chi connectivity index (χ0) is 11.0. The highest BCUT2D eigenvalue weighted by Gasteiger charge is 2.31. The minimum Gasteiger partial charge on any atom is -0.454 e. The molecule has 80 valence electrons. The van der Waals surface area contributed by atoms with Crippen LogP contribution < -0.4 is 0 Å². The first-order valence-corrected chi connectivity index (χ1v) is 5.35. The standard InChI is InChI=1S/C10H9BrO4/c1-5-2-7(11)14-10(5)6-3-8(12)15-9(13)4-6/h2,6H,3-4H2,1H3. The fraction of sp³-hybridized carbons (Fsp3) is 0.400. The molecule has 0 N–H and O–H groups in total. The third kappa shape index (κ3) is 2.12. The quantitative estimate of drug-likeness (QED) is 0.582. The Labute approximate surface area is 94.7 Å². The highest BCUT2D eigenvalue weighted by Crippen LogP contribution is 2.33. The first kappa shape index (κ1) is 10.4. The van der Waals surface area contributed by atoms with E-state index in [-0.39, 0.29) is 18.8 Å². The second-order valence-corrected chi connectivity index (χ2v) is 4.33. The van der Waals surface area contributed by atoms with Crippen molar-refractivity contribution in [3.05, 3.63) is 22.1 Å². The van der Waals surface area contributed by atoms with Gasteiger partial charge >= 0.3 is 11.9 Å². The summed E-state index contributed by atoms with van der Waals surface area (Å²) in [4.78, 5) is 22.2. The molecule has 1 aromatic rings. The first-order chi connectivity index (χ1) is 7.06. The Hall–Kier alpha value is -1.10. The second-order valence-electron chi connectivity index (χ2n) is 3.55. The van der Waals surface area contributed by atoms with E-state index in [9.17, 15) is 9.59 Å². The van der Waals surface area contributed by atoms with Gasteiger partial charge in [-0.05, 0) is 34.5 Å². The van der Waals surface area contributed by atoms with Crippen molar-refractivity contribution in [3.63, 3.8) is 0 Å². The van der Waals surface area contributed by atoms with E-state index in [2.05, 4.69) is 20.7 Å². The zero-order valence-electron chi connectivity index (χ0n) is 8.08. The molecule has 2 heterocycles. The van der Waals surface area contributed by atoms with Crippen molar-refractivity contribution in [1.29, 1.82) is 0 Å². The number of aryl methyl sites for hydroxylation is 1. The van der Waals surface area contributed by atoms with Gasteiger partial charge in [-0.3, -0.25) is 9.59 Å². The average molecular weight is 273 g/mol. The van der Waals surface area contributed by atoms with Crippen LogP contribution >= 0.6 is 15.9 Å². The molecule has 1 fully saturated rings. The first-order valence-electron chi connectivity index (χ1n) is 4.55. The van der Waals surface area contributed by atoms with Crippen molar-refractivity contribution >= 4 is 27.9 Å². The van der Waals surface area contributed by atoms with E-state index in [1.54, 1.807) is 0 Å². The molecular formula is C10H9BrO4. The van der Waals surface area contributed by atoms with E-state index in [4.69, 9.17) is 4.42 Å². The Bertz CT molecular complexity index is 405. The summed E-state index contributed by atoms with van der Waals surface area (Å²) in [6.07, 6.45) is 0.402. The SMILES string of the molecule is Cc1cc(Br)oc1C1CC(=O)OC(=O)C1. The smallest absolute Gasteiger partial charge is 0.314 e. The lowest BCUT2D eigenvalue weighted by atomic mass is 9.94. The normalized spacial score (nSPS) is 18.0. The van der Waals surface area contributed by atoms with E-state index >= 15 is 0 Å². The minimum atomic E-state index is -0.483. The van der Waals surface area contributed by atoms with Gasteiger partial charge in [-0.2, -0.15) is 0 Å². The van der Waals surface area contributed by atoms with E-state index in [1.165, 1.54) is 0 Å². The second kappa shape index (κ2) is 3.81. The van der Waals surface area contributed by atoms with Gasteiger partial charge in [-0.15, -0.1) is 0 Å². The highest BCUT2D eigenvalue weighted by molar-refractivity contribution is 9.10. The molecule has 0 spiro atoms. The number of esters is 2. The molecule has 0 bridgehead atoms. The van der Waals surface area contributed by atoms with Crippen molar-refractivity contribution < 1.29 is 18.7 Å². The molecule has 5 heteroatoms. The topological polar surface area (TPSA) is 56.5 Å². The van der Waals surface area contributed by atoms with Gasteiger partial charge in [-0.1, -0.05) is 0 Å². The van der Waals surface area contributed by atoms with Crippen molar-refractivity contribution in [2.24, 2.45) is 0 Å². The van der Waals surface area contributed by atoms with Crippen molar-refractivity contribution in [2.75, 3.05) is 0 Å². The number of cyclic esters (lactones) is 2. The summed E-state index contributed by atoms with van der Waals surface area (Å²) in [6, 6.07) is 1.82. The molecular weight excluding hydrogens is 264 g/mol. The lowest BCUT2D eigenvalue weighted by Crippen LogP contribution is -2.24. The predicted molar refractivity (Wildman–Crippen MR) is 54.2 cm³/mol. The maximum atomic E-state index is 11.1. The van der Waals surface area contributed by atoms with Crippen LogP contribution in [0.3, 0.4) is 0 Å². The van der Waals surface area contributed by atoms with Gasteiger partial charge in [0.15, 0.2) is 4.67 Å². The number of rotatable bonds is 1. The van der Waals surface area contributed by atoms with Gasteiger partial charge in [0.1, 0.15) is 5.76 Å². The van der Waals surface area contributed by atoms with Crippen molar-refractivity contribution in [3.8, 4) is 0 Å². The monoisotopic (exact) mass is 272 g/mol. The van der Waals surface area contributed by atoms with Crippen molar-refractivity contribution in [2.45, 2.75) is 25.7 Å². The van der Waals surface area contributed by atoms with Gasteiger partial charge in [0.2, 0.25) is 0 Å². The molecule has 4 nitrogen and oxygen atoms in total. The lowest BCUT2D eigenvalue weighted by Gasteiger charge is -2.18. The predicted octanol–water partition coefficient (Wildman–Crippen LogP) is 2.30. The van der Waals surface area contributed by atoms with Crippen LogP contribution in [0.4, 0.5) is 0 Å².